The molecule has 0 N–H and O–H groups in total. The van der Waals surface area contributed by atoms with Gasteiger partial charge in [-0.2, -0.15) is 0 Å². The molecule has 0 spiro atoms. The quantitative estimate of drug-likeness (QED) is 0.284. The summed E-state index contributed by atoms with van der Waals surface area (Å²) in [6.45, 7) is 17.1. The van der Waals surface area contributed by atoms with Crippen LogP contribution in [0.5, 0.6) is 0 Å². The summed E-state index contributed by atoms with van der Waals surface area (Å²) in [5.74, 6) is 0. The first-order valence-electron chi connectivity index (χ1n) is 8.07. The molecular formula is C18H28N2O3Si. The van der Waals surface area contributed by atoms with Gasteiger partial charge in [-0.05, 0) is 43.1 Å². The minimum Gasteiger partial charge on any atom is -0.417 e. The third kappa shape index (κ3) is 5.11. The fourth-order valence-corrected chi connectivity index (χ4v) is 2.98. The van der Waals surface area contributed by atoms with Gasteiger partial charge in [0.1, 0.15) is 5.69 Å². The summed E-state index contributed by atoms with van der Waals surface area (Å²) in [5, 5.41) is 11.5. The zero-order valence-electron chi connectivity index (χ0n) is 15.5. The highest BCUT2D eigenvalue weighted by molar-refractivity contribution is 6.74. The van der Waals surface area contributed by atoms with Crippen LogP contribution >= 0.6 is 0 Å². The van der Waals surface area contributed by atoms with Gasteiger partial charge in [0.25, 0.3) is 0 Å². The summed E-state index contributed by atoms with van der Waals surface area (Å²) < 4.78 is 6.10. The van der Waals surface area contributed by atoms with Gasteiger partial charge in [0, 0.05) is 12.8 Å². The fourth-order valence-electron chi connectivity index (χ4n) is 1.92. The topological polar surface area (TPSA) is 65.3 Å². The maximum absolute atomic E-state index is 11.3. The van der Waals surface area contributed by atoms with E-state index in [1.165, 1.54) is 0 Å². The van der Waals surface area contributed by atoms with Crippen LogP contribution in [0.4, 0.5) is 5.69 Å². The third-order valence-electron chi connectivity index (χ3n) is 4.39. The first kappa shape index (κ1) is 20.3. The molecule has 0 aliphatic heterocycles. The summed E-state index contributed by atoms with van der Waals surface area (Å²) in [7, 11) is -1.75. The number of allylic oxidation sites excluding steroid dienone is 1. The van der Waals surface area contributed by atoms with Crippen molar-refractivity contribution in [3.8, 4) is 0 Å². The van der Waals surface area contributed by atoms with Crippen molar-refractivity contribution in [2.75, 3.05) is 6.61 Å². The molecule has 132 valence electrons. The summed E-state index contributed by atoms with van der Waals surface area (Å²) in [6.07, 6.45) is 5.97. The van der Waals surface area contributed by atoms with Crippen LogP contribution in [0, 0.1) is 10.1 Å². The summed E-state index contributed by atoms with van der Waals surface area (Å²) in [5.41, 5.74) is 1.46. The number of aromatic nitrogens is 1. The second kappa shape index (κ2) is 7.85. The standard InChI is InChI=1S/C18H28N2O3Si/c1-14(2)16-17(20(21)22)15(11-12-19-16)10-8-9-13-23-24(6,7)18(3,4)5/h8,10-12H,1,9,13H2,2-7H3. The molecule has 0 radical (unpaired) electrons. The number of hydrogen-bond donors (Lipinski definition) is 0. The van der Waals surface area contributed by atoms with Crippen LogP contribution in [0.1, 0.15) is 45.4 Å². The maximum atomic E-state index is 11.3. The van der Waals surface area contributed by atoms with Crippen molar-refractivity contribution in [3.63, 3.8) is 0 Å². The Labute approximate surface area is 145 Å². The molecule has 0 aliphatic carbocycles. The molecule has 0 aliphatic rings. The highest BCUT2D eigenvalue weighted by Gasteiger charge is 2.36. The van der Waals surface area contributed by atoms with Gasteiger partial charge in [0.05, 0.1) is 10.5 Å². The van der Waals surface area contributed by atoms with E-state index in [0.29, 0.717) is 29.9 Å². The second-order valence-corrected chi connectivity index (χ2v) is 12.2. The van der Waals surface area contributed by atoms with E-state index in [9.17, 15) is 10.1 Å². The van der Waals surface area contributed by atoms with Crippen LogP contribution in [-0.4, -0.2) is 24.8 Å². The lowest BCUT2D eigenvalue weighted by Gasteiger charge is -2.36. The van der Waals surface area contributed by atoms with E-state index in [1.807, 2.05) is 6.08 Å². The van der Waals surface area contributed by atoms with E-state index >= 15 is 0 Å². The number of nitro groups is 1. The minimum absolute atomic E-state index is 0.00608. The van der Waals surface area contributed by atoms with Crippen LogP contribution in [0.3, 0.4) is 0 Å². The Bertz CT molecular complexity index is 646. The van der Waals surface area contributed by atoms with Crippen molar-refractivity contribution in [2.45, 2.75) is 52.2 Å². The lowest BCUT2D eigenvalue weighted by atomic mass is 10.1. The summed E-state index contributed by atoms with van der Waals surface area (Å²) >= 11 is 0. The zero-order chi connectivity index (χ0) is 18.5. The largest absolute Gasteiger partial charge is 0.417 e. The highest BCUT2D eigenvalue weighted by atomic mass is 28.4. The smallest absolute Gasteiger partial charge is 0.302 e. The second-order valence-electron chi connectivity index (χ2n) is 7.43. The predicted molar refractivity (Wildman–Crippen MR) is 102 cm³/mol. The number of hydrogen-bond acceptors (Lipinski definition) is 4. The Morgan fingerprint density at radius 2 is 2.08 bits per heavy atom. The van der Waals surface area contributed by atoms with E-state index in [2.05, 4.69) is 45.4 Å². The Hall–Kier alpha value is -1.79. The summed E-state index contributed by atoms with van der Waals surface area (Å²) in [6, 6.07) is 1.65. The van der Waals surface area contributed by atoms with Gasteiger partial charge in [-0.15, -0.1) is 0 Å². The van der Waals surface area contributed by atoms with Crippen molar-refractivity contribution in [1.29, 1.82) is 0 Å². The zero-order valence-corrected chi connectivity index (χ0v) is 16.5. The van der Waals surface area contributed by atoms with Crippen LogP contribution in [0.25, 0.3) is 11.6 Å². The Balaban J connectivity index is 2.81. The average molecular weight is 349 g/mol. The van der Waals surface area contributed by atoms with Crippen molar-refractivity contribution >= 4 is 25.7 Å². The number of nitrogens with zero attached hydrogens (tertiary/aromatic N) is 2. The number of pyridine rings is 1. The monoisotopic (exact) mass is 348 g/mol. The third-order valence-corrected chi connectivity index (χ3v) is 8.93. The molecule has 0 amide bonds. The average Bonchev–Trinajstić information content (AvgIpc) is 2.44. The van der Waals surface area contributed by atoms with Gasteiger partial charge in [0.2, 0.25) is 0 Å². The molecule has 1 heterocycles. The SMILES string of the molecule is C=C(C)c1nccc(C=CCCO[Si](C)(C)C(C)(C)C)c1[N+](=O)[O-]. The molecule has 0 fully saturated rings. The Kier molecular flexibility index (Phi) is 6.63. The molecule has 24 heavy (non-hydrogen) atoms. The normalized spacial score (nSPS) is 12.6. The van der Waals surface area contributed by atoms with Crippen LogP contribution in [0.15, 0.2) is 24.9 Å². The molecule has 5 nitrogen and oxygen atoms in total. The lowest BCUT2D eigenvalue weighted by Crippen LogP contribution is -2.40. The molecule has 6 heteroatoms. The van der Waals surface area contributed by atoms with Gasteiger partial charge in [-0.25, -0.2) is 4.98 Å². The van der Waals surface area contributed by atoms with E-state index < -0.39 is 13.2 Å². The first-order chi connectivity index (χ1) is 11.0. The van der Waals surface area contributed by atoms with Crippen LogP contribution < -0.4 is 0 Å². The minimum atomic E-state index is -1.75. The molecule has 1 aromatic rings. The molecule has 0 bridgehead atoms. The van der Waals surface area contributed by atoms with Gasteiger partial charge >= 0.3 is 5.69 Å². The van der Waals surface area contributed by atoms with E-state index in [0.717, 1.165) is 0 Å². The Morgan fingerprint density at radius 1 is 1.46 bits per heavy atom. The van der Waals surface area contributed by atoms with Gasteiger partial charge < -0.3 is 4.43 Å². The van der Waals surface area contributed by atoms with Gasteiger partial charge in [-0.3, -0.25) is 10.1 Å². The molecule has 0 saturated heterocycles. The predicted octanol–water partition coefficient (Wildman–Crippen LogP) is 5.45. The van der Waals surface area contributed by atoms with Crippen molar-refractivity contribution in [2.24, 2.45) is 0 Å². The highest BCUT2D eigenvalue weighted by Crippen LogP contribution is 2.36. The van der Waals surface area contributed by atoms with Gasteiger partial charge in [-0.1, -0.05) is 39.5 Å². The van der Waals surface area contributed by atoms with Crippen LogP contribution in [-0.2, 0) is 4.43 Å². The molecule has 0 unspecified atom stereocenters. The molecule has 0 aromatic carbocycles. The number of rotatable bonds is 7. The first-order valence-corrected chi connectivity index (χ1v) is 11.0. The Morgan fingerprint density at radius 3 is 2.58 bits per heavy atom. The van der Waals surface area contributed by atoms with Crippen LogP contribution in [0.2, 0.25) is 18.1 Å². The van der Waals surface area contributed by atoms with E-state index in [1.54, 1.807) is 25.3 Å². The van der Waals surface area contributed by atoms with Crippen molar-refractivity contribution in [1.82, 2.24) is 4.98 Å². The van der Waals surface area contributed by atoms with Gasteiger partial charge in [0.15, 0.2) is 8.32 Å². The summed E-state index contributed by atoms with van der Waals surface area (Å²) in [4.78, 5) is 15.0. The fraction of sp³-hybridized carbons (Fsp3) is 0.500. The van der Waals surface area contributed by atoms with Crippen molar-refractivity contribution in [3.05, 3.63) is 46.3 Å². The molecule has 0 atom stereocenters. The molecule has 1 rings (SSSR count). The molecule has 0 saturated carbocycles. The lowest BCUT2D eigenvalue weighted by molar-refractivity contribution is -0.385. The maximum Gasteiger partial charge on any atom is 0.302 e. The van der Waals surface area contributed by atoms with E-state index in [4.69, 9.17) is 4.43 Å². The van der Waals surface area contributed by atoms with E-state index in [-0.39, 0.29) is 10.7 Å². The van der Waals surface area contributed by atoms with Crippen molar-refractivity contribution < 1.29 is 9.35 Å². The molecular weight excluding hydrogens is 320 g/mol. The molecule has 1 aromatic heterocycles.